The molecular formula is C30H45N5O6S. The minimum atomic E-state index is -0.805. The Morgan fingerprint density at radius 2 is 1.74 bits per heavy atom. The third-order valence-corrected chi connectivity index (χ3v) is 7.90. The number of nitrogens with two attached hydrogens (primary N) is 1. The summed E-state index contributed by atoms with van der Waals surface area (Å²) in [5.74, 6) is -0.857. The Kier molecular flexibility index (Phi) is 13.3. The molecule has 1 aliphatic heterocycles. The summed E-state index contributed by atoms with van der Waals surface area (Å²) in [4.78, 5) is 46.5. The standard InChI is InChI=1S/C30H45N5O6S/c1-21-26(42-20-33-21)23-9-7-22(8-10-23)18-32-28(37)24-6-5-12-35(24)29(38)27(30(2,3)4)34-25(36)19-41-17-16-40-15-14-39-13-11-31/h7-10,20,24,27H,5-6,11-19,31H2,1-4H3,(H,32,37)(H,34,36). The van der Waals surface area contributed by atoms with Gasteiger partial charge < -0.3 is 35.5 Å². The summed E-state index contributed by atoms with van der Waals surface area (Å²) < 4.78 is 16.0. The van der Waals surface area contributed by atoms with Crippen molar-refractivity contribution in [3.05, 3.63) is 41.0 Å². The van der Waals surface area contributed by atoms with E-state index in [1.165, 1.54) is 0 Å². The summed E-state index contributed by atoms with van der Waals surface area (Å²) in [5, 5.41) is 5.83. The van der Waals surface area contributed by atoms with E-state index in [4.69, 9.17) is 19.9 Å². The predicted molar refractivity (Wildman–Crippen MR) is 162 cm³/mol. The normalized spacial score (nSPS) is 15.9. The second-order valence-corrected chi connectivity index (χ2v) is 12.2. The predicted octanol–water partition coefficient (Wildman–Crippen LogP) is 2.27. The molecule has 232 valence electrons. The first-order valence-electron chi connectivity index (χ1n) is 14.4. The Morgan fingerprint density at radius 1 is 1.07 bits per heavy atom. The molecule has 3 amide bonds. The van der Waals surface area contributed by atoms with Crippen LogP contribution >= 0.6 is 11.3 Å². The molecule has 2 aromatic rings. The van der Waals surface area contributed by atoms with Crippen LogP contribution in [0.2, 0.25) is 0 Å². The van der Waals surface area contributed by atoms with Crippen molar-refractivity contribution in [1.29, 1.82) is 0 Å². The molecule has 0 spiro atoms. The lowest BCUT2D eigenvalue weighted by molar-refractivity contribution is -0.144. The van der Waals surface area contributed by atoms with E-state index in [0.717, 1.165) is 28.1 Å². The van der Waals surface area contributed by atoms with E-state index in [0.29, 0.717) is 52.5 Å². The van der Waals surface area contributed by atoms with E-state index in [2.05, 4.69) is 15.6 Å². The average Bonchev–Trinajstić information content (AvgIpc) is 3.62. The summed E-state index contributed by atoms with van der Waals surface area (Å²) in [6.07, 6.45) is 1.30. The van der Waals surface area contributed by atoms with Crippen LogP contribution in [0.1, 0.15) is 44.9 Å². The first-order chi connectivity index (χ1) is 20.1. The highest BCUT2D eigenvalue weighted by atomic mass is 32.1. The van der Waals surface area contributed by atoms with Crippen LogP contribution in [0.4, 0.5) is 0 Å². The zero-order valence-corrected chi connectivity index (χ0v) is 26.0. The van der Waals surface area contributed by atoms with Crippen molar-refractivity contribution in [2.24, 2.45) is 11.1 Å². The number of carbonyl (C=O) groups is 3. The van der Waals surface area contributed by atoms with E-state index < -0.39 is 23.4 Å². The van der Waals surface area contributed by atoms with Gasteiger partial charge in [0.05, 0.1) is 49.1 Å². The average molecular weight is 604 g/mol. The Morgan fingerprint density at radius 3 is 2.36 bits per heavy atom. The molecule has 42 heavy (non-hydrogen) atoms. The number of amides is 3. The molecule has 0 saturated carbocycles. The minimum absolute atomic E-state index is 0.195. The van der Waals surface area contributed by atoms with E-state index >= 15 is 0 Å². The van der Waals surface area contributed by atoms with Crippen molar-refractivity contribution < 1.29 is 28.6 Å². The largest absolute Gasteiger partial charge is 0.378 e. The van der Waals surface area contributed by atoms with Gasteiger partial charge >= 0.3 is 0 Å². The number of aromatic nitrogens is 1. The Labute approximate surface area is 252 Å². The molecule has 1 fully saturated rings. The van der Waals surface area contributed by atoms with E-state index in [1.807, 2.05) is 57.5 Å². The van der Waals surface area contributed by atoms with Gasteiger partial charge in [0.15, 0.2) is 0 Å². The highest BCUT2D eigenvalue weighted by molar-refractivity contribution is 7.13. The summed E-state index contributed by atoms with van der Waals surface area (Å²) in [5.41, 5.74) is 9.68. The first-order valence-corrected chi connectivity index (χ1v) is 15.3. The molecule has 0 bridgehead atoms. The van der Waals surface area contributed by atoms with Crippen molar-refractivity contribution in [2.75, 3.05) is 52.7 Å². The summed E-state index contributed by atoms with van der Waals surface area (Å²) in [7, 11) is 0. The molecule has 2 unspecified atom stereocenters. The van der Waals surface area contributed by atoms with Crippen LogP contribution in [0.5, 0.6) is 0 Å². The summed E-state index contributed by atoms with van der Waals surface area (Å²) >= 11 is 1.60. The number of thiazole rings is 1. The van der Waals surface area contributed by atoms with Gasteiger partial charge in [-0.25, -0.2) is 4.98 Å². The van der Waals surface area contributed by atoms with Crippen LogP contribution in [0, 0.1) is 12.3 Å². The van der Waals surface area contributed by atoms with E-state index in [1.54, 1.807) is 16.2 Å². The minimum Gasteiger partial charge on any atom is -0.378 e. The van der Waals surface area contributed by atoms with Gasteiger partial charge in [0.2, 0.25) is 17.7 Å². The van der Waals surface area contributed by atoms with Gasteiger partial charge in [-0.15, -0.1) is 11.3 Å². The molecule has 1 aromatic heterocycles. The fourth-order valence-corrected chi connectivity index (χ4v) is 5.48. The number of hydrogen-bond acceptors (Lipinski definition) is 9. The van der Waals surface area contributed by atoms with Crippen molar-refractivity contribution in [3.63, 3.8) is 0 Å². The van der Waals surface area contributed by atoms with Gasteiger partial charge in [0.25, 0.3) is 0 Å². The lowest BCUT2D eigenvalue weighted by Crippen LogP contribution is -2.58. The number of nitrogens with zero attached hydrogens (tertiary/aromatic N) is 2. The van der Waals surface area contributed by atoms with Crippen molar-refractivity contribution in [1.82, 2.24) is 20.5 Å². The van der Waals surface area contributed by atoms with Crippen molar-refractivity contribution >= 4 is 29.1 Å². The van der Waals surface area contributed by atoms with Gasteiger partial charge in [-0.3, -0.25) is 14.4 Å². The molecule has 12 heteroatoms. The number of hydrogen-bond donors (Lipinski definition) is 3. The Balaban J connectivity index is 1.48. The fraction of sp³-hybridized carbons (Fsp3) is 0.600. The van der Waals surface area contributed by atoms with Crippen LogP contribution in [-0.2, 0) is 35.1 Å². The number of benzene rings is 1. The van der Waals surface area contributed by atoms with Gasteiger partial charge in [-0.2, -0.15) is 0 Å². The highest BCUT2D eigenvalue weighted by Gasteiger charge is 2.41. The van der Waals surface area contributed by atoms with Gasteiger partial charge in [-0.05, 0) is 36.3 Å². The van der Waals surface area contributed by atoms with Crippen LogP contribution in [0.15, 0.2) is 29.8 Å². The maximum atomic E-state index is 13.7. The second kappa shape index (κ2) is 16.7. The third kappa shape index (κ3) is 10.1. The molecular weight excluding hydrogens is 558 g/mol. The number of nitrogens with one attached hydrogen (secondary N) is 2. The van der Waals surface area contributed by atoms with Crippen molar-refractivity contribution in [2.45, 2.75) is 59.2 Å². The van der Waals surface area contributed by atoms with Crippen LogP contribution < -0.4 is 16.4 Å². The number of rotatable bonds is 16. The maximum Gasteiger partial charge on any atom is 0.246 e. The molecule has 2 atom stereocenters. The quantitative estimate of drug-likeness (QED) is 0.248. The Hall–Kier alpha value is -2.90. The van der Waals surface area contributed by atoms with Crippen LogP contribution in [0.3, 0.4) is 0 Å². The molecule has 3 rings (SSSR count). The molecule has 1 aliphatic rings. The summed E-state index contributed by atoms with van der Waals surface area (Å²) in [6.45, 7) is 10.7. The highest BCUT2D eigenvalue weighted by Crippen LogP contribution is 2.28. The van der Waals surface area contributed by atoms with Crippen LogP contribution in [0.25, 0.3) is 10.4 Å². The van der Waals surface area contributed by atoms with Gasteiger partial charge in [-0.1, -0.05) is 45.0 Å². The number of ether oxygens (including phenoxy) is 3. The topological polar surface area (TPSA) is 145 Å². The molecule has 2 heterocycles. The molecule has 11 nitrogen and oxygen atoms in total. The van der Waals surface area contributed by atoms with Crippen LogP contribution in [-0.4, -0.2) is 92.4 Å². The SMILES string of the molecule is Cc1ncsc1-c1ccc(CNC(=O)C2CCCN2C(=O)C(NC(=O)COCCOCCOCCN)C(C)(C)C)cc1. The lowest BCUT2D eigenvalue weighted by Gasteiger charge is -2.35. The Bertz CT molecular complexity index is 1150. The van der Waals surface area contributed by atoms with E-state index in [9.17, 15) is 14.4 Å². The molecule has 1 aromatic carbocycles. The monoisotopic (exact) mass is 603 g/mol. The first kappa shape index (κ1) is 33.6. The molecule has 0 aliphatic carbocycles. The number of carbonyl (C=O) groups excluding carboxylic acids is 3. The second-order valence-electron chi connectivity index (χ2n) is 11.3. The van der Waals surface area contributed by atoms with Crippen molar-refractivity contribution in [3.8, 4) is 10.4 Å². The zero-order chi connectivity index (χ0) is 30.5. The number of likely N-dealkylation sites (tertiary alicyclic amines) is 1. The summed E-state index contributed by atoms with van der Waals surface area (Å²) in [6, 6.07) is 6.65. The van der Waals surface area contributed by atoms with Gasteiger partial charge in [0, 0.05) is 19.6 Å². The van der Waals surface area contributed by atoms with Gasteiger partial charge in [0.1, 0.15) is 18.7 Å². The third-order valence-electron chi connectivity index (χ3n) is 6.92. The fourth-order valence-electron chi connectivity index (χ4n) is 4.67. The zero-order valence-electron chi connectivity index (χ0n) is 25.1. The van der Waals surface area contributed by atoms with E-state index in [-0.39, 0.29) is 25.0 Å². The molecule has 4 N–H and O–H groups in total. The molecule has 0 radical (unpaired) electrons. The molecule has 1 saturated heterocycles. The lowest BCUT2D eigenvalue weighted by atomic mass is 9.85. The maximum absolute atomic E-state index is 13.7. The number of aryl methyl sites for hydroxylation is 1. The smallest absolute Gasteiger partial charge is 0.246 e.